The number of nitrogens with zero attached hydrogens (tertiary/aromatic N) is 2. The number of hydrogen-bond acceptors (Lipinski definition) is 3. The minimum absolute atomic E-state index is 0.0957. The van der Waals surface area contributed by atoms with E-state index < -0.39 is 51.0 Å². The maximum absolute atomic E-state index is 15.0. The van der Waals surface area contributed by atoms with Crippen LogP contribution in [-0.4, -0.2) is 28.7 Å². The van der Waals surface area contributed by atoms with E-state index in [2.05, 4.69) is 0 Å². The number of aryl methyl sites for hydroxylation is 1. The Bertz CT molecular complexity index is 902. The van der Waals surface area contributed by atoms with Crippen LogP contribution >= 0.6 is 0 Å². The Balaban J connectivity index is 2.48. The van der Waals surface area contributed by atoms with Crippen molar-refractivity contribution in [1.82, 2.24) is 4.57 Å². The number of rotatable bonds is 3. The zero-order chi connectivity index (χ0) is 17.6. The Labute approximate surface area is 134 Å². The number of fused-ring (bicyclic) bond motifs is 1. The van der Waals surface area contributed by atoms with Crippen LogP contribution in [0.4, 0.5) is 18.9 Å². The molecule has 0 unspecified atom stereocenters. The van der Waals surface area contributed by atoms with E-state index in [1.165, 1.54) is 4.90 Å². The number of benzene rings is 1. The van der Waals surface area contributed by atoms with E-state index in [1.807, 2.05) is 0 Å². The summed E-state index contributed by atoms with van der Waals surface area (Å²) in [6.07, 6.45) is 2.43. The lowest BCUT2D eigenvalue weighted by molar-refractivity contribution is 0.0695. The van der Waals surface area contributed by atoms with Gasteiger partial charge in [0.25, 0.3) is 0 Å². The molecule has 3 rings (SSSR count). The van der Waals surface area contributed by atoms with E-state index in [-0.39, 0.29) is 6.54 Å². The number of aromatic carboxylic acids is 1. The van der Waals surface area contributed by atoms with E-state index in [0.717, 1.165) is 23.6 Å². The molecule has 1 aromatic heterocycles. The molecule has 0 bridgehead atoms. The molecule has 0 atom stereocenters. The smallest absolute Gasteiger partial charge is 0.341 e. The number of anilines is 1. The minimum Gasteiger partial charge on any atom is -0.477 e. The van der Waals surface area contributed by atoms with Crippen molar-refractivity contribution in [2.75, 3.05) is 18.0 Å². The van der Waals surface area contributed by atoms with Crippen molar-refractivity contribution in [2.45, 2.75) is 26.3 Å². The predicted octanol–water partition coefficient (Wildman–Crippen LogP) is 2.74. The van der Waals surface area contributed by atoms with Crippen molar-refractivity contribution in [3.05, 3.63) is 39.4 Å². The van der Waals surface area contributed by atoms with Gasteiger partial charge in [0.1, 0.15) is 11.3 Å². The van der Waals surface area contributed by atoms with Crippen molar-refractivity contribution < 1.29 is 23.1 Å². The summed E-state index contributed by atoms with van der Waals surface area (Å²) >= 11 is 0. The second-order valence-corrected chi connectivity index (χ2v) is 5.67. The third-order valence-electron chi connectivity index (χ3n) is 4.31. The van der Waals surface area contributed by atoms with Crippen LogP contribution in [-0.2, 0) is 6.54 Å². The monoisotopic (exact) mass is 340 g/mol. The van der Waals surface area contributed by atoms with E-state index >= 15 is 0 Å². The Morgan fingerprint density at radius 3 is 2.33 bits per heavy atom. The molecule has 1 aliphatic heterocycles. The number of pyridine rings is 1. The first kappa shape index (κ1) is 16.4. The molecule has 1 N–H and O–H groups in total. The van der Waals surface area contributed by atoms with Crippen LogP contribution in [0.25, 0.3) is 10.9 Å². The molecule has 0 aliphatic carbocycles. The van der Waals surface area contributed by atoms with Crippen LogP contribution in [0, 0.1) is 17.5 Å². The molecule has 1 fully saturated rings. The number of aromatic nitrogens is 1. The third kappa shape index (κ3) is 2.24. The molecule has 5 nitrogen and oxygen atoms in total. The van der Waals surface area contributed by atoms with Gasteiger partial charge >= 0.3 is 5.97 Å². The highest BCUT2D eigenvalue weighted by Gasteiger charge is 2.30. The van der Waals surface area contributed by atoms with Gasteiger partial charge in [-0.2, -0.15) is 0 Å². The van der Waals surface area contributed by atoms with Crippen LogP contribution in [0.2, 0.25) is 0 Å². The number of carboxylic acids is 1. The fourth-order valence-electron chi connectivity index (χ4n) is 3.15. The van der Waals surface area contributed by atoms with Gasteiger partial charge < -0.3 is 14.6 Å². The van der Waals surface area contributed by atoms with Crippen LogP contribution in [0.1, 0.15) is 30.1 Å². The van der Waals surface area contributed by atoms with Gasteiger partial charge in [-0.25, -0.2) is 18.0 Å². The fourth-order valence-corrected chi connectivity index (χ4v) is 3.15. The van der Waals surface area contributed by atoms with Crippen molar-refractivity contribution in [3.63, 3.8) is 0 Å². The van der Waals surface area contributed by atoms with E-state index in [1.54, 1.807) is 6.92 Å². The fraction of sp³-hybridized carbons (Fsp3) is 0.375. The van der Waals surface area contributed by atoms with Crippen LogP contribution in [0.15, 0.2) is 11.0 Å². The lowest BCUT2D eigenvalue weighted by Crippen LogP contribution is -2.25. The van der Waals surface area contributed by atoms with Crippen molar-refractivity contribution in [2.24, 2.45) is 0 Å². The van der Waals surface area contributed by atoms with Gasteiger partial charge in [-0.3, -0.25) is 4.79 Å². The zero-order valence-corrected chi connectivity index (χ0v) is 12.9. The molecule has 0 spiro atoms. The number of hydrogen-bond donors (Lipinski definition) is 1. The molecule has 0 saturated carbocycles. The summed E-state index contributed by atoms with van der Waals surface area (Å²) in [5, 5.41) is 8.20. The molecule has 1 aliphatic rings. The van der Waals surface area contributed by atoms with Gasteiger partial charge in [-0.15, -0.1) is 0 Å². The van der Waals surface area contributed by atoms with Crippen molar-refractivity contribution in [1.29, 1.82) is 0 Å². The van der Waals surface area contributed by atoms with Crippen LogP contribution in [0.3, 0.4) is 0 Å². The highest BCUT2D eigenvalue weighted by molar-refractivity contribution is 5.94. The Morgan fingerprint density at radius 1 is 1.17 bits per heavy atom. The molecule has 1 aromatic carbocycles. The largest absolute Gasteiger partial charge is 0.477 e. The number of halogens is 3. The zero-order valence-electron chi connectivity index (χ0n) is 12.9. The van der Waals surface area contributed by atoms with E-state index in [4.69, 9.17) is 5.11 Å². The number of carbonyl (C=O) groups is 1. The summed E-state index contributed by atoms with van der Waals surface area (Å²) in [7, 11) is 0. The molecule has 2 heterocycles. The van der Waals surface area contributed by atoms with Gasteiger partial charge in [-0.05, 0) is 19.8 Å². The van der Waals surface area contributed by atoms with Crippen LogP contribution in [0.5, 0.6) is 0 Å². The highest BCUT2D eigenvalue weighted by Crippen LogP contribution is 2.34. The first-order valence-electron chi connectivity index (χ1n) is 7.60. The topological polar surface area (TPSA) is 62.5 Å². The average Bonchev–Trinajstić information content (AvgIpc) is 3.06. The van der Waals surface area contributed by atoms with Crippen molar-refractivity contribution in [3.8, 4) is 0 Å². The SMILES string of the molecule is CCn1cc(C(=O)O)c(=O)c2c(F)c(F)c(N3CCCC3)c(F)c21. The van der Waals surface area contributed by atoms with E-state index in [0.29, 0.717) is 13.1 Å². The lowest BCUT2D eigenvalue weighted by atomic mass is 10.1. The predicted molar refractivity (Wildman–Crippen MR) is 82.2 cm³/mol. The maximum Gasteiger partial charge on any atom is 0.341 e. The molecule has 128 valence electrons. The van der Waals surface area contributed by atoms with Crippen LogP contribution < -0.4 is 10.3 Å². The summed E-state index contributed by atoms with van der Waals surface area (Å²) in [6, 6.07) is 0. The second kappa shape index (κ2) is 5.85. The second-order valence-electron chi connectivity index (χ2n) is 5.67. The molecule has 2 aromatic rings. The molecule has 8 heteroatoms. The molecular weight excluding hydrogens is 325 g/mol. The van der Waals surface area contributed by atoms with Gasteiger partial charge in [0.05, 0.1) is 10.9 Å². The van der Waals surface area contributed by atoms with Gasteiger partial charge in [0.2, 0.25) is 5.43 Å². The minimum atomic E-state index is -1.58. The molecular formula is C16H15F3N2O3. The van der Waals surface area contributed by atoms with E-state index in [9.17, 15) is 22.8 Å². The molecule has 1 saturated heterocycles. The standard InChI is InChI=1S/C16H15F3N2O3/c1-2-20-7-8(16(23)24)15(22)9-10(17)11(18)14(12(19)13(9)20)21-5-3-4-6-21/h7H,2-6H2,1H3,(H,23,24). The van der Waals surface area contributed by atoms with Crippen molar-refractivity contribution >= 4 is 22.6 Å². The first-order valence-corrected chi connectivity index (χ1v) is 7.60. The Hall–Kier alpha value is -2.51. The Kier molecular flexibility index (Phi) is 3.98. The highest BCUT2D eigenvalue weighted by atomic mass is 19.2. The van der Waals surface area contributed by atoms with Gasteiger partial charge in [0.15, 0.2) is 17.5 Å². The molecule has 0 amide bonds. The maximum atomic E-state index is 15.0. The number of carboxylic acid groups (broad SMARTS) is 1. The summed E-state index contributed by atoms with van der Waals surface area (Å²) in [5.74, 6) is -5.58. The average molecular weight is 340 g/mol. The molecule has 24 heavy (non-hydrogen) atoms. The van der Waals surface area contributed by atoms with Gasteiger partial charge in [0, 0.05) is 25.8 Å². The summed E-state index contributed by atoms with van der Waals surface area (Å²) in [4.78, 5) is 24.8. The summed E-state index contributed by atoms with van der Waals surface area (Å²) in [6.45, 7) is 2.47. The molecule has 0 radical (unpaired) electrons. The normalized spacial score (nSPS) is 14.6. The Morgan fingerprint density at radius 2 is 1.79 bits per heavy atom. The van der Waals surface area contributed by atoms with Gasteiger partial charge in [-0.1, -0.05) is 0 Å². The third-order valence-corrected chi connectivity index (χ3v) is 4.31. The summed E-state index contributed by atoms with van der Waals surface area (Å²) in [5.41, 5.74) is -2.86. The first-order chi connectivity index (χ1) is 11.4. The lowest BCUT2D eigenvalue weighted by Gasteiger charge is -2.22. The summed E-state index contributed by atoms with van der Waals surface area (Å²) < 4.78 is 45.1. The quantitative estimate of drug-likeness (QED) is 0.873.